The Morgan fingerprint density at radius 2 is 1.96 bits per heavy atom. The Labute approximate surface area is 144 Å². The molecule has 0 N–H and O–H groups in total. The number of carbonyl (C=O) groups is 2. The number of anilines is 1. The van der Waals surface area contributed by atoms with E-state index in [9.17, 15) is 9.59 Å². The van der Waals surface area contributed by atoms with Crippen LogP contribution in [0.4, 0.5) is 5.69 Å². The van der Waals surface area contributed by atoms with Crippen LogP contribution in [0.2, 0.25) is 0 Å². The summed E-state index contributed by atoms with van der Waals surface area (Å²) >= 11 is 0. The number of esters is 1. The third kappa shape index (κ3) is 2.76. The van der Waals surface area contributed by atoms with Crippen molar-refractivity contribution in [1.82, 2.24) is 9.38 Å². The van der Waals surface area contributed by atoms with Gasteiger partial charge in [-0.15, -0.1) is 0 Å². The van der Waals surface area contributed by atoms with Crippen LogP contribution in [0.25, 0.3) is 5.65 Å². The molecule has 1 atom stereocenters. The molecule has 0 aliphatic carbocycles. The van der Waals surface area contributed by atoms with Gasteiger partial charge in [0, 0.05) is 24.6 Å². The molecule has 1 aliphatic rings. The van der Waals surface area contributed by atoms with Gasteiger partial charge in [-0.3, -0.25) is 4.79 Å². The number of benzene rings is 1. The summed E-state index contributed by atoms with van der Waals surface area (Å²) in [6.45, 7) is 2.20. The van der Waals surface area contributed by atoms with E-state index >= 15 is 0 Å². The molecule has 25 heavy (non-hydrogen) atoms. The minimum Gasteiger partial charge on any atom is -0.448 e. The molecule has 2 aromatic heterocycles. The van der Waals surface area contributed by atoms with E-state index in [0.29, 0.717) is 12.2 Å². The number of ether oxygens (including phenoxy) is 1. The molecule has 3 heterocycles. The lowest BCUT2D eigenvalue weighted by Crippen LogP contribution is -2.39. The average Bonchev–Trinajstić information content (AvgIpc) is 3.25. The van der Waals surface area contributed by atoms with E-state index in [4.69, 9.17) is 4.74 Å². The molecule has 0 spiro atoms. The van der Waals surface area contributed by atoms with Gasteiger partial charge in [-0.05, 0) is 37.1 Å². The highest BCUT2D eigenvalue weighted by Gasteiger charge is 2.30. The second kappa shape index (κ2) is 6.05. The second-order valence-electron chi connectivity index (χ2n) is 6.01. The van der Waals surface area contributed by atoms with E-state index in [1.54, 1.807) is 34.7 Å². The molecule has 0 bridgehead atoms. The zero-order valence-electron chi connectivity index (χ0n) is 13.8. The molecule has 1 aromatic carbocycles. The molecule has 0 fully saturated rings. The molecule has 1 aliphatic heterocycles. The first-order valence-electron chi connectivity index (χ1n) is 8.17. The van der Waals surface area contributed by atoms with Crippen LogP contribution >= 0.6 is 0 Å². The quantitative estimate of drug-likeness (QED) is 0.690. The van der Waals surface area contributed by atoms with Crippen molar-refractivity contribution in [3.05, 3.63) is 66.1 Å². The van der Waals surface area contributed by atoms with Gasteiger partial charge >= 0.3 is 5.97 Å². The van der Waals surface area contributed by atoms with Crippen molar-refractivity contribution in [3.63, 3.8) is 0 Å². The normalized spacial score (nSPS) is 14.4. The third-order valence-electron chi connectivity index (χ3n) is 4.36. The van der Waals surface area contributed by atoms with Crippen molar-refractivity contribution in [2.75, 3.05) is 11.4 Å². The van der Waals surface area contributed by atoms with E-state index < -0.39 is 12.1 Å². The predicted molar refractivity (Wildman–Crippen MR) is 92.6 cm³/mol. The van der Waals surface area contributed by atoms with Crippen LogP contribution < -0.4 is 4.90 Å². The van der Waals surface area contributed by atoms with Gasteiger partial charge in [-0.1, -0.05) is 24.3 Å². The van der Waals surface area contributed by atoms with Crippen LogP contribution in [0.3, 0.4) is 0 Å². The minimum atomic E-state index is -0.872. The summed E-state index contributed by atoms with van der Waals surface area (Å²) in [6.07, 6.45) is 3.34. The van der Waals surface area contributed by atoms with Crippen molar-refractivity contribution in [2.45, 2.75) is 19.4 Å². The number of imidazole rings is 1. The lowest BCUT2D eigenvalue weighted by atomic mass is 10.2. The number of hydrogen-bond donors (Lipinski definition) is 0. The summed E-state index contributed by atoms with van der Waals surface area (Å²) < 4.78 is 7.09. The maximum atomic E-state index is 12.7. The SMILES string of the molecule is C[C@@H](OC(=O)c1cn2ccccc2n1)C(=O)N1CCc2ccccc21. The molecule has 126 valence electrons. The topological polar surface area (TPSA) is 63.9 Å². The van der Waals surface area contributed by atoms with Gasteiger partial charge in [-0.2, -0.15) is 0 Å². The highest BCUT2D eigenvalue weighted by molar-refractivity contribution is 6.00. The van der Waals surface area contributed by atoms with Crippen molar-refractivity contribution in [1.29, 1.82) is 0 Å². The van der Waals surface area contributed by atoms with Gasteiger partial charge in [0.15, 0.2) is 11.8 Å². The van der Waals surface area contributed by atoms with Gasteiger partial charge in [0.25, 0.3) is 5.91 Å². The monoisotopic (exact) mass is 335 g/mol. The summed E-state index contributed by atoms with van der Waals surface area (Å²) in [7, 11) is 0. The molecule has 0 radical (unpaired) electrons. The number of amides is 1. The summed E-state index contributed by atoms with van der Waals surface area (Å²) in [5, 5.41) is 0. The molecule has 6 nitrogen and oxygen atoms in total. The minimum absolute atomic E-state index is 0.188. The van der Waals surface area contributed by atoms with Crippen LogP contribution in [0.15, 0.2) is 54.9 Å². The number of pyridine rings is 1. The second-order valence-corrected chi connectivity index (χ2v) is 6.01. The Hall–Kier alpha value is -3.15. The molecule has 1 amide bonds. The Morgan fingerprint density at radius 3 is 2.80 bits per heavy atom. The van der Waals surface area contributed by atoms with Crippen molar-refractivity contribution >= 4 is 23.2 Å². The molecule has 4 rings (SSSR count). The number of hydrogen-bond acceptors (Lipinski definition) is 4. The summed E-state index contributed by atoms with van der Waals surface area (Å²) in [4.78, 5) is 30.9. The maximum Gasteiger partial charge on any atom is 0.359 e. The van der Waals surface area contributed by atoms with E-state index in [1.165, 1.54) is 0 Å². The maximum absolute atomic E-state index is 12.7. The highest BCUT2D eigenvalue weighted by Crippen LogP contribution is 2.28. The molecule has 0 saturated carbocycles. The van der Waals surface area contributed by atoms with Crippen LogP contribution in [0.5, 0.6) is 0 Å². The lowest BCUT2D eigenvalue weighted by molar-refractivity contribution is -0.126. The molecule has 0 saturated heterocycles. The van der Waals surface area contributed by atoms with Crippen LogP contribution in [0, 0.1) is 0 Å². The molecule has 0 unspecified atom stereocenters. The number of carbonyl (C=O) groups excluding carboxylic acids is 2. The van der Waals surface area contributed by atoms with Crippen molar-refractivity contribution in [3.8, 4) is 0 Å². The van der Waals surface area contributed by atoms with Gasteiger partial charge in [0.1, 0.15) is 5.65 Å². The smallest absolute Gasteiger partial charge is 0.359 e. The van der Waals surface area contributed by atoms with Gasteiger partial charge in [0.05, 0.1) is 0 Å². The number of aromatic nitrogens is 2. The first-order valence-corrected chi connectivity index (χ1v) is 8.17. The molecule has 3 aromatic rings. The van der Waals surface area contributed by atoms with E-state index in [-0.39, 0.29) is 11.6 Å². The number of nitrogens with zero attached hydrogens (tertiary/aromatic N) is 3. The third-order valence-corrected chi connectivity index (χ3v) is 4.36. The lowest BCUT2D eigenvalue weighted by Gasteiger charge is -2.21. The summed E-state index contributed by atoms with van der Waals surface area (Å²) in [5.41, 5.74) is 2.87. The number of para-hydroxylation sites is 1. The standard InChI is InChI=1S/C19H17N3O3/c1-13(18(23)22-11-9-14-6-2-3-7-16(14)22)25-19(24)15-12-21-10-5-4-8-17(21)20-15/h2-8,10,12-13H,9,11H2,1H3/t13-/m1/s1. The number of rotatable bonds is 3. The highest BCUT2D eigenvalue weighted by atomic mass is 16.5. The fourth-order valence-corrected chi connectivity index (χ4v) is 3.09. The Bertz CT molecular complexity index is 930. The van der Waals surface area contributed by atoms with Gasteiger partial charge in [-0.25, -0.2) is 9.78 Å². The fourth-order valence-electron chi connectivity index (χ4n) is 3.09. The summed E-state index contributed by atoms with van der Waals surface area (Å²) in [6, 6.07) is 13.3. The largest absolute Gasteiger partial charge is 0.448 e. The zero-order chi connectivity index (χ0) is 17.4. The average molecular weight is 335 g/mol. The predicted octanol–water partition coefficient (Wildman–Crippen LogP) is 2.47. The van der Waals surface area contributed by atoms with Crippen molar-refractivity contribution in [2.24, 2.45) is 0 Å². The Balaban J connectivity index is 1.49. The van der Waals surface area contributed by atoms with Crippen LogP contribution in [-0.2, 0) is 16.0 Å². The number of fused-ring (bicyclic) bond motifs is 2. The molecule has 6 heteroatoms. The summed E-state index contributed by atoms with van der Waals surface area (Å²) in [5.74, 6) is -0.820. The Kier molecular flexibility index (Phi) is 3.72. The van der Waals surface area contributed by atoms with E-state index in [1.807, 2.05) is 36.4 Å². The Morgan fingerprint density at radius 1 is 1.16 bits per heavy atom. The van der Waals surface area contributed by atoms with Crippen molar-refractivity contribution < 1.29 is 14.3 Å². The zero-order valence-corrected chi connectivity index (χ0v) is 13.8. The van der Waals surface area contributed by atoms with Crippen LogP contribution in [0.1, 0.15) is 23.0 Å². The fraction of sp³-hybridized carbons (Fsp3) is 0.211. The molecular formula is C19H17N3O3. The first kappa shape index (κ1) is 15.4. The van der Waals surface area contributed by atoms with Gasteiger partial charge in [0.2, 0.25) is 0 Å². The van der Waals surface area contributed by atoms with E-state index in [0.717, 1.165) is 17.7 Å². The van der Waals surface area contributed by atoms with Gasteiger partial charge < -0.3 is 14.0 Å². The first-order chi connectivity index (χ1) is 12.1. The van der Waals surface area contributed by atoms with Crippen LogP contribution in [-0.4, -0.2) is 33.9 Å². The molecular weight excluding hydrogens is 318 g/mol. The van der Waals surface area contributed by atoms with E-state index in [2.05, 4.69) is 4.98 Å².